The standard InChI is InChI=1S/C14H18N2OS2/c1-9-2-4-10(5-3-9)8-16-13(17)11-6-7-19-12(11)15-14(16)18/h6-7,9-10H,2-5,8H2,1H3,(H,15,18). The predicted octanol–water partition coefficient (Wildman–Crippen LogP) is 3.95. The van der Waals surface area contributed by atoms with Crippen LogP contribution in [0.2, 0.25) is 0 Å². The van der Waals surface area contributed by atoms with Gasteiger partial charge in [0.25, 0.3) is 5.56 Å². The van der Waals surface area contributed by atoms with Crippen molar-refractivity contribution in [2.45, 2.75) is 39.2 Å². The summed E-state index contributed by atoms with van der Waals surface area (Å²) in [6, 6.07) is 1.88. The van der Waals surface area contributed by atoms with Crippen LogP contribution in [0.25, 0.3) is 10.2 Å². The molecule has 102 valence electrons. The van der Waals surface area contributed by atoms with E-state index < -0.39 is 0 Å². The lowest BCUT2D eigenvalue weighted by Gasteiger charge is -2.26. The van der Waals surface area contributed by atoms with Gasteiger partial charge in [-0.1, -0.05) is 19.8 Å². The second-order valence-electron chi connectivity index (χ2n) is 5.64. The molecule has 5 heteroatoms. The number of hydrogen-bond donors (Lipinski definition) is 1. The van der Waals surface area contributed by atoms with Gasteiger partial charge in [0.1, 0.15) is 4.83 Å². The molecule has 1 saturated carbocycles. The lowest BCUT2D eigenvalue weighted by molar-refractivity contribution is 0.261. The maximum atomic E-state index is 12.4. The van der Waals surface area contributed by atoms with Crippen LogP contribution in [-0.2, 0) is 6.54 Å². The molecule has 0 amide bonds. The van der Waals surface area contributed by atoms with E-state index in [0.29, 0.717) is 10.7 Å². The number of nitrogens with zero attached hydrogens (tertiary/aromatic N) is 1. The molecule has 3 nitrogen and oxygen atoms in total. The van der Waals surface area contributed by atoms with Crippen molar-refractivity contribution in [1.29, 1.82) is 0 Å². The van der Waals surface area contributed by atoms with Gasteiger partial charge in [0, 0.05) is 6.54 Å². The van der Waals surface area contributed by atoms with E-state index in [1.807, 2.05) is 11.4 Å². The summed E-state index contributed by atoms with van der Waals surface area (Å²) in [7, 11) is 0. The Bertz CT molecular complexity index is 689. The molecular weight excluding hydrogens is 276 g/mol. The van der Waals surface area contributed by atoms with Crippen LogP contribution in [0.3, 0.4) is 0 Å². The molecule has 1 N–H and O–H groups in total. The zero-order valence-corrected chi connectivity index (χ0v) is 12.6. The van der Waals surface area contributed by atoms with Crippen molar-refractivity contribution in [3.05, 3.63) is 26.6 Å². The number of H-pyrrole nitrogens is 1. The molecular formula is C14H18N2OS2. The number of rotatable bonds is 2. The van der Waals surface area contributed by atoms with E-state index in [1.54, 1.807) is 4.57 Å². The summed E-state index contributed by atoms with van der Waals surface area (Å²) in [6.07, 6.45) is 4.97. The van der Waals surface area contributed by atoms with E-state index in [0.717, 1.165) is 22.7 Å². The molecule has 1 aliphatic carbocycles. The van der Waals surface area contributed by atoms with Gasteiger partial charge in [-0.05, 0) is 48.3 Å². The van der Waals surface area contributed by atoms with Crippen molar-refractivity contribution >= 4 is 33.8 Å². The largest absolute Gasteiger partial charge is 0.323 e. The minimum atomic E-state index is 0.0682. The lowest BCUT2D eigenvalue weighted by Crippen LogP contribution is -2.27. The van der Waals surface area contributed by atoms with Gasteiger partial charge in [-0.3, -0.25) is 9.36 Å². The third-order valence-corrected chi connectivity index (χ3v) is 5.33. The smallest absolute Gasteiger partial charge is 0.263 e. The highest BCUT2D eigenvalue weighted by Crippen LogP contribution is 2.29. The first kappa shape index (κ1) is 13.1. The molecule has 0 aromatic carbocycles. The van der Waals surface area contributed by atoms with E-state index in [-0.39, 0.29) is 5.56 Å². The van der Waals surface area contributed by atoms with Gasteiger partial charge in [-0.25, -0.2) is 0 Å². The Morgan fingerprint density at radius 2 is 2.16 bits per heavy atom. The number of nitrogens with one attached hydrogen (secondary N) is 1. The zero-order chi connectivity index (χ0) is 13.4. The van der Waals surface area contributed by atoms with Gasteiger partial charge in [-0.2, -0.15) is 0 Å². The lowest BCUT2D eigenvalue weighted by atomic mass is 9.83. The molecule has 1 fully saturated rings. The SMILES string of the molecule is CC1CCC(Cn2c(=S)[nH]c3sccc3c2=O)CC1. The maximum Gasteiger partial charge on any atom is 0.263 e. The van der Waals surface area contributed by atoms with E-state index in [1.165, 1.54) is 37.0 Å². The Balaban J connectivity index is 1.92. The number of fused-ring (bicyclic) bond motifs is 1. The molecule has 2 heterocycles. The Morgan fingerprint density at radius 3 is 2.89 bits per heavy atom. The molecule has 19 heavy (non-hydrogen) atoms. The second-order valence-corrected chi connectivity index (χ2v) is 6.94. The highest BCUT2D eigenvalue weighted by Gasteiger charge is 2.19. The number of hydrogen-bond acceptors (Lipinski definition) is 3. The molecule has 2 aromatic heterocycles. The van der Waals surface area contributed by atoms with Crippen LogP contribution in [0.15, 0.2) is 16.2 Å². The Morgan fingerprint density at radius 1 is 1.42 bits per heavy atom. The topological polar surface area (TPSA) is 37.8 Å². The van der Waals surface area contributed by atoms with Crippen LogP contribution in [0.5, 0.6) is 0 Å². The van der Waals surface area contributed by atoms with Gasteiger partial charge in [-0.15, -0.1) is 11.3 Å². The molecule has 0 aliphatic heterocycles. The quantitative estimate of drug-likeness (QED) is 0.852. The second kappa shape index (κ2) is 5.21. The predicted molar refractivity (Wildman–Crippen MR) is 82.4 cm³/mol. The van der Waals surface area contributed by atoms with Crippen molar-refractivity contribution < 1.29 is 0 Å². The van der Waals surface area contributed by atoms with Crippen molar-refractivity contribution in [2.24, 2.45) is 11.8 Å². The van der Waals surface area contributed by atoms with Crippen LogP contribution >= 0.6 is 23.6 Å². The number of thiophene rings is 1. The molecule has 0 bridgehead atoms. The van der Waals surface area contributed by atoms with Crippen molar-refractivity contribution in [2.75, 3.05) is 0 Å². The van der Waals surface area contributed by atoms with Crippen LogP contribution in [0, 0.1) is 16.6 Å². The first-order chi connectivity index (χ1) is 9.15. The van der Waals surface area contributed by atoms with E-state index >= 15 is 0 Å². The average molecular weight is 294 g/mol. The van der Waals surface area contributed by atoms with E-state index in [9.17, 15) is 4.79 Å². The van der Waals surface area contributed by atoms with Crippen molar-refractivity contribution in [3.63, 3.8) is 0 Å². The monoisotopic (exact) mass is 294 g/mol. The first-order valence-corrected chi connectivity index (χ1v) is 8.14. The Labute approximate surface area is 121 Å². The summed E-state index contributed by atoms with van der Waals surface area (Å²) in [5, 5.41) is 2.70. The summed E-state index contributed by atoms with van der Waals surface area (Å²) < 4.78 is 2.32. The van der Waals surface area contributed by atoms with Gasteiger partial charge >= 0.3 is 0 Å². The summed E-state index contributed by atoms with van der Waals surface area (Å²) in [5.41, 5.74) is 0.0682. The molecule has 0 spiro atoms. The van der Waals surface area contributed by atoms with Gasteiger partial charge in [0.2, 0.25) is 0 Å². The minimum absolute atomic E-state index is 0.0682. The highest BCUT2D eigenvalue weighted by molar-refractivity contribution is 7.71. The molecule has 3 rings (SSSR count). The third kappa shape index (κ3) is 2.54. The number of aromatic nitrogens is 2. The summed E-state index contributed by atoms with van der Waals surface area (Å²) >= 11 is 6.87. The molecule has 0 radical (unpaired) electrons. The normalized spacial score (nSPS) is 23.8. The van der Waals surface area contributed by atoms with Crippen LogP contribution < -0.4 is 5.56 Å². The molecule has 0 saturated heterocycles. The molecule has 0 unspecified atom stereocenters. The number of aromatic amines is 1. The van der Waals surface area contributed by atoms with Gasteiger partial charge in [0.05, 0.1) is 5.39 Å². The van der Waals surface area contributed by atoms with Crippen molar-refractivity contribution in [3.8, 4) is 0 Å². The first-order valence-electron chi connectivity index (χ1n) is 6.85. The fourth-order valence-electron chi connectivity index (χ4n) is 2.91. The maximum absolute atomic E-state index is 12.4. The van der Waals surface area contributed by atoms with Crippen LogP contribution in [0.1, 0.15) is 32.6 Å². The molecule has 2 aromatic rings. The Hall–Kier alpha value is -0.940. The van der Waals surface area contributed by atoms with E-state index in [2.05, 4.69) is 11.9 Å². The zero-order valence-electron chi connectivity index (χ0n) is 11.0. The Kier molecular flexibility index (Phi) is 3.58. The minimum Gasteiger partial charge on any atom is -0.323 e. The van der Waals surface area contributed by atoms with Gasteiger partial charge < -0.3 is 4.98 Å². The summed E-state index contributed by atoms with van der Waals surface area (Å²) in [6.45, 7) is 3.08. The van der Waals surface area contributed by atoms with Crippen molar-refractivity contribution in [1.82, 2.24) is 9.55 Å². The van der Waals surface area contributed by atoms with E-state index in [4.69, 9.17) is 12.2 Å². The average Bonchev–Trinajstić information content (AvgIpc) is 2.85. The summed E-state index contributed by atoms with van der Waals surface area (Å²) in [4.78, 5) is 16.5. The third-order valence-electron chi connectivity index (χ3n) is 4.18. The van der Waals surface area contributed by atoms with Crippen LogP contribution in [-0.4, -0.2) is 9.55 Å². The molecule has 1 aliphatic rings. The molecule has 0 atom stereocenters. The summed E-state index contributed by atoms with van der Waals surface area (Å²) in [5.74, 6) is 1.43. The fraction of sp³-hybridized carbons (Fsp3) is 0.571. The highest BCUT2D eigenvalue weighted by atomic mass is 32.1. The fourth-order valence-corrected chi connectivity index (χ4v) is 4.01. The van der Waals surface area contributed by atoms with Crippen LogP contribution in [0.4, 0.5) is 0 Å². The van der Waals surface area contributed by atoms with Gasteiger partial charge in [0.15, 0.2) is 4.77 Å².